The molecule has 0 spiro atoms. The van der Waals surface area contributed by atoms with Crippen LogP contribution < -0.4 is 15.6 Å². The van der Waals surface area contributed by atoms with E-state index in [1.165, 1.54) is 18.7 Å². The second-order valence-electron chi connectivity index (χ2n) is 8.20. The summed E-state index contributed by atoms with van der Waals surface area (Å²) in [5.41, 5.74) is 7.91. The van der Waals surface area contributed by atoms with Gasteiger partial charge in [0, 0.05) is 35.9 Å². The number of carbonyl (C=O) groups is 4. The third-order valence-corrected chi connectivity index (χ3v) is 7.10. The van der Waals surface area contributed by atoms with E-state index >= 15 is 0 Å². The molecule has 2 aromatic rings. The maximum atomic E-state index is 12.8. The number of β-lactam (4-membered cyclic amide) rings is 1. The van der Waals surface area contributed by atoms with Crippen LogP contribution in [0.15, 0.2) is 66.1 Å². The van der Waals surface area contributed by atoms with Crippen LogP contribution >= 0.6 is 11.8 Å². The van der Waals surface area contributed by atoms with Gasteiger partial charge in [0.05, 0.1) is 0 Å². The molecule has 10 nitrogen and oxygen atoms in total. The van der Waals surface area contributed by atoms with E-state index in [9.17, 15) is 24.3 Å². The SMILES string of the molecule is CC(=O)OCC1=C(C(=O)O)N2C(=O)C(NC(=O)C(N)c3ccc(C[n+]4ccccc4)cc3)C2SC1. The number of ether oxygens (including phenoxy) is 1. The number of carboxylic acid groups (broad SMARTS) is 1. The minimum Gasteiger partial charge on any atom is -0.477 e. The molecule has 182 valence electrons. The molecule has 2 aliphatic rings. The molecule has 1 fully saturated rings. The van der Waals surface area contributed by atoms with Gasteiger partial charge in [0.25, 0.3) is 5.91 Å². The van der Waals surface area contributed by atoms with Gasteiger partial charge in [-0.15, -0.1) is 11.8 Å². The van der Waals surface area contributed by atoms with Crippen LogP contribution in [-0.4, -0.2) is 57.5 Å². The number of aromatic nitrogens is 1. The lowest BCUT2D eigenvalue weighted by Gasteiger charge is -2.49. The topological polar surface area (TPSA) is 143 Å². The molecule has 2 aliphatic heterocycles. The summed E-state index contributed by atoms with van der Waals surface area (Å²) >= 11 is 1.29. The largest absolute Gasteiger partial charge is 0.477 e. The zero-order valence-corrected chi connectivity index (χ0v) is 19.7. The summed E-state index contributed by atoms with van der Waals surface area (Å²) in [5.74, 6) is -2.66. The molecule has 3 atom stereocenters. The molecule has 35 heavy (non-hydrogen) atoms. The van der Waals surface area contributed by atoms with Crippen LogP contribution in [0.5, 0.6) is 0 Å². The van der Waals surface area contributed by atoms with E-state index in [0.717, 1.165) is 10.5 Å². The first-order valence-corrected chi connectivity index (χ1v) is 11.9. The monoisotopic (exact) mass is 497 g/mol. The second kappa shape index (κ2) is 10.3. The first-order valence-electron chi connectivity index (χ1n) is 10.9. The van der Waals surface area contributed by atoms with E-state index in [1.807, 2.05) is 47.3 Å². The number of thioether (sulfide) groups is 1. The van der Waals surface area contributed by atoms with Crippen LogP contribution in [0.4, 0.5) is 0 Å². The third kappa shape index (κ3) is 5.20. The molecule has 1 aromatic heterocycles. The Bertz CT molecular complexity index is 1180. The third-order valence-electron chi connectivity index (χ3n) is 5.76. The van der Waals surface area contributed by atoms with Crippen LogP contribution in [0.3, 0.4) is 0 Å². The number of rotatable bonds is 8. The maximum absolute atomic E-state index is 12.8. The van der Waals surface area contributed by atoms with Crippen molar-refractivity contribution in [2.75, 3.05) is 12.4 Å². The number of hydrogen-bond donors (Lipinski definition) is 3. The number of nitrogens with two attached hydrogens (primary N) is 1. The number of fused-ring (bicyclic) bond motifs is 1. The molecular formula is C24H25N4O6S+. The minimum atomic E-state index is -1.29. The fourth-order valence-electron chi connectivity index (χ4n) is 3.96. The Hall–Kier alpha value is -3.70. The van der Waals surface area contributed by atoms with Crippen molar-refractivity contribution in [2.45, 2.75) is 30.9 Å². The van der Waals surface area contributed by atoms with Gasteiger partial charge in [0.1, 0.15) is 29.8 Å². The average molecular weight is 498 g/mol. The number of hydrogen-bond acceptors (Lipinski definition) is 7. The lowest BCUT2D eigenvalue weighted by atomic mass is 10.0. The molecule has 11 heteroatoms. The lowest BCUT2D eigenvalue weighted by molar-refractivity contribution is -0.688. The Morgan fingerprint density at radius 3 is 2.54 bits per heavy atom. The highest BCUT2D eigenvalue weighted by Crippen LogP contribution is 2.40. The van der Waals surface area contributed by atoms with Crippen molar-refractivity contribution < 1.29 is 33.6 Å². The standard InChI is InChI=1S/C24H24N4O6S/c1-14(29)34-12-17-13-35-23-19(22(31)28(23)20(17)24(32)33)26-21(30)18(25)16-7-5-15(6-8-16)11-27-9-3-2-4-10-27/h2-10,18-19,23H,11-13,25H2,1H3,(H-,26,30,32,33)/p+1. The van der Waals surface area contributed by atoms with Gasteiger partial charge in [-0.3, -0.25) is 19.3 Å². The zero-order chi connectivity index (χ0) is 25.1. The van der Waals surface area contributed by atoms with Crippen LogP contribution in [0.1, 0.15) is 24.1 Å². The van der Waals surface area contributed by atoms with Crippen molar-refractivity contribution in [1.82, 2.24) is 10.2 Å². The number of benzene rings is 1. The van der Waals surface area contributed by atoms with Gasteiger partial charge < -0.3 is 20.9 Å². The number of nitrogens with one attached hydrogen (secondary N) is 1. The number of aliphatic carboxylic acids is 1. The van der Waals surface area contributed by atoms with Gasteiger partial charge in [-0.05, 0) is 5.56 Å². The number of nitrogens with zero attached hydrogens (tertiary/aromatic N) is 2. The smallest absolute Gasteiger partial charge is 0.352 e. The van der Waals surface area contributed by atoms with Crippen LogP contribution in [-0.2, 0) is 30.5 Å². The molecule has 0 bridgehead atoms. The molecule has 3 heterocycles. The highest BCUT2D eigenvalue weighted by Gasteiger charge is 2.54. The number of carbonyl (C=O) groups excluding carboxylic acids is 3. The summed E-state index contributed by atoms with van der Waals surface area (Å²) in [4.78, 5) is 49.6. The first-order chi connectivity index (χ1) is 16.8. The van der Waals surface area contributed by atoms with Crippen molar-refractivity contribution in [3.63, 3.8) is 0 Å². The molecule has 2 amide bonds. The Morgan fingerprint density at radius 2 is 1.91 bits per heavy atom. The number of carboxylic acids is 1. The molecule has 4 rings (SSSR count). The van der Waals surface area contributed by atoms with Gasteiger partial charge in [0.2, 0.25) is 5.91 Å². The van der Waals surface area contributed by atoms with Gasteiger partial charge in [-0.25, -0.2) is 9.36 Å². The summed E-state index contributed by atoms with van der Waals surface area (Å²) in [7, 11) is 0. The predicted octanol–water partition coefficient (Wildman–Crippen LogP) is 0.324. The molecule has 0 radical (unpaired) electrons. The van der Waals surface area contributed by atoms with Crippen LogP contribution in [0, 0.1) is 0 Å². The summed E-state index contributed by atoms with van der Waals surface area (Å²) in [6.45, 7) is 1.69. The molecule has 4 N–H and O–H groups in total. The summed E-state index contributed by atoms with van der Waals surface area (Å²) in [6, 6.07) is 11.3. The van der Waals surface area contributed by atoms with Gasteiger partial charge in [0.15, 0.2) is 18.9 Å². The predicted molar refractivity (Wildman–Crippen MR) is 125 cm³/mol. The fraction of sp³-hybridized carbons (Fsp3) is 0.292. The van der Waals surface area contributed by atoms with E-state index in [4.69, 9.17) is 10.5 Å². The highest BCUT2D eigenvalue weighted by atomic mass is 32.2. The molecular weight excluding hydrogens is 472 g/mol. The minimum absolute atomic E-state index is 0.207. The van der Waals surface area contributed by atoms with Crippen molar-refractivity contribution in [1.29, 1.82) is 0 Å². The fourth-order valence-corrected chi connectivity index (χ4v) is 5.29. The molecule has 1 saturated heterocycles. The average Bonchev–Trinajstić information content (AvgIpc) is 2.85. The van der Waals surface area contributed by atoms with E-state index in [1.54, 1.807) is 12.1 Å². The summed E-state index contributed by atoms with van der Waals surface area (Å²) < 4.78 is 6.94. The normalized spacial score (nSPS) is 19.9. The lowest BCUT2D eigenvalue weighted by Crippen LogP contribution is -2.71. The Kier molecular flexibility index (Phi) is 7.17. The molecule has 0 saturated carbocycles. The van der Waals surface area contributed by atoms with E-state index in [0.29, 0.717) is 17.7 Å². The number of amides is 2. The van der Waals surface area contributed by atoms with Crippen molar-refractivity contribution in [3.8, 4) is 0 Å². The van der Waals surface area contributed by atoms with Crippen molar-refractivity contribution in [2.24, 2.45) is 5.73 Å². The van der Waals surface area contributed by atoms with Gasteiger partial charge >= 0.3 is 11.9 Å². The summed E-state index contributed by atoms with van der Waals surface area (Å²) in [5, 5.41) is 11.7. The van der Waals surface area contributed by atoms with Crippen molar-refractivity contribution in [3.05, 3.63) is 77.3 Å². The van der Waals surface area contributed by atoms with E-state index < -0.39 is 41.2 Å². The van der Waals surface area contributed by atoms with Crippen LogP contribution in [0.2, 0.25) is 0 Å². The molecule has 3 unspecified atom stereocenters. The highest BCUT2D eigenvalue weighted by molar-refractivity contribution is 8.00. The number of esters is 1. The second-order valence-corrected chi connectivity index (χ2v) is 9.31. The number of pyridine rings is 1. The quantitative estimate of drug-likeness (QED) is 0.269. The van der Waals surface area contributed by atoms with Crippen LogP contribution in [0.25, 0.3) is 0 Å². The zero-order valence-electron chi connectivity index (χ0n) is 18.9. The molecule has 1 aromatic carbocycles. The van der Waals surface area contributed by atoms with Gasteiger partial charge in [-0.2, -0.15) is 0 Å². The first kappa shape index (κ1) is 24.4. The van der Waals surface area contributed by atoms with E-state index in [2.05, 4.69) is 5.32 Å². The van der Waals surface area contributed by atoms with E-state index in [-0.39, 0.29) is 18.1 Å². The van der Waals surface area contributed by atoms with Gasteiger partial charge in [-0.1, -0.05) is 30.3 Å². The van der Waals surface area contributed by atoms with Crippen molar-refractivity contribution >= 4 is 35.5 Å². The maximum Gasteiger partial charge on any atom is 0.352 e. The Balaban J connectivity index is 1.39. The molecule has 0 aliphatic carbocycles. The Morgan fingerprint density at radius 1 is 1.23 bits per heavy atom. The summed E-state index contributed by atoms with van der Waals surface area (Å²) in [6.07, 6.45) is 3.92. The Labute approximate surface area is 205 Å².